The van der Waals surface area contributed by atoms with Crippen molar-refractivity contribution in [3.05, 3.63) is 58.1 Å². The van der Waals surface area contributed by atoms with Crippen molar-refractivity contribution < 1.29 is 9.59 Å². The molecular weight excluding hydrogens is 532 g/mol. The fourth-order valence-corrected chi connectivity index (χ4v) is 7.12. The lowest BCUT2D eigenvalue weighted by Gasteiger charge is -2.33. The number of benzene rings is 2. The molecule has 0 unspecified atom stereocenters. The van der Waals surface area contributed by atoms with E-state index in [9.17, 15) is 9.59 Å². The van der Waals surface area contributed by atoms with Gasteiger partial charge in [-0.15, -0.1) is 0 Å². The molecule has 5 rings (SSSR count). The predicted octanol–water partition coefficient (Wildman–Crippen LogP) is 6.92. The monoisotopic (exact) mass is 578 g/mol. The first-order valence-electron chi connectivity index (χ1n) is 15.8. The quantitative estimate of drug-likeness (QED) is 0.395. The maximum Gasteiger partial charge on any atom is 0.255 e. The summed E-state index contributed by atoms with van der Waals surface area (Å²) in [5.41, 5.74) is 4.75. The Morgan fingerprint density at radius 3 is 2.34 bits per heavy atom. The number of anilines is 2. The van der Waals surface area contributed by atoms with Crippen molar-refractivity contribution in [3.8, 4) is 0 Å². The highest BCUT2D eigenvalue weighted by Gasteiger charge is 2.31. The molecule has 0 spiro atoms. The van der Waals surface area contributed by atoms with E-state index < -0.39 is 0 Å². The molecule has 6 nitrogen and oxygen atoms in total. The molecule has 0 aromatic heterocycles. The van der Waals surface area contributed by atoms with Gasteiger partial charge in [0.05, 0.1) is 16.3 Å². The first kappa shape index (κ1) is 29.9. The van der Waals surface area contributed by atoms with E-state index in [1.165, 1.54) is 19.3 Å². The zero-order valence-electron chi connectivity index (χ0n) is 25.2. The van der Waals surface area contributed by atoms with Gasteiger partial charge in [0.25, 0.3) is 5.91 Å². The molecule has 2 fully saturated rings. The van der Waals surface area contributed by atoms with Crippen LogP contribution in [0.5, 0.6) is 0 Å². The number of hydrogen-bond donors (Lipinski definition) is 0. The third kappa shape index (κ3) is 6.91. The molecule has 2 amide bonds. The highest BCUT2D eigenvalue weighted by atomic mass is 35.5. The predicted molar refractivity (Wildman–Crippen MR) is 169 cm³/mol. The maximum atomic E-state index is 14.3. The first-order chi connectivity index (χ1) is 19.8. The molecule has 2 aliphatic heterocycles. The van der Waals surface area contributed by atoms with Gasteiger partial charge in [-0.3, -0.25) is 14.5 Å². The van der Waals surface area contributed by atoms with Crippen LogP contribution in [-0.4, -0.2) is 66.9 Å². The Labute approximate surface area is 251 Å². The number of rotatable bonds is 4. The molecule has 1 aliphatic carbocycles. The normalized spacial score (nSPS) is 19.8. The minimum absolute atomic E-state index is 0.0448. The van der Waals surface area contributed by atoms with Crippen molar-refractivity contribution in [2.75, 3.05) is 49.1 Å². The van der Waals surface area contributed by atoms with E-state index >= 15 is 0 Å². The van der Waals surface area contributed by atoms with Crippen molar-refractivity contribution in [1.29, 1.82) is 0 Å². The van der Waals surface area contributed by atoms with E-state index in [2.05, 4.69) is 53.7 Å². The highest BCUT2D eigenvalue weighted by molar-refractivity contribution is 6.34. The number of carbonyl (C=O) groups is 2. The van der Waals surface area contributed by atoms with Crippen LogP contribution in [0.4, 0.5) is 11.4 Å². The van der Waals surface area contributed by atoms with Gasteiger partial charge in [-0.25, -0.2) is 0 Å². The number of amides is 2. The lowest BCUT2D eigenvalue weighted by Crippen LogP contribution is -2.42. The molecule has 2 aromatic rings. The van der Waals surface area contributed by atoms with Crippen molar-refractivity contribution in [1.82, 2.24) is 9.80 Å². The van der Waals surface area contributed by atoms with Crippen LogP contribution in [0.25, 0.3) is 0 Å². The van der Waals surface area contributed by atoms with E-state index in [0.29, 0.717) is 36.3 Å². The SMILES string of the molecule is Cc1cccc2c1N(C(=O)C1CCCCC1)CCCN(C(C)C)CCN(C(=O)c1cc(N3CCCC3)ccc1Cl)C2. The van der Waals surface area contributed by atoms with Gasteiger partial charge in [0.2, 0.25) is 5.91 Å². The third-order valence-corrected chi connectivity index (χ3v) is 9.66. The lowest BCUT2D eigenvalue weighted by atomic mass is 9.87. The Bertz CT molecular complexity index is 1220. The number of hydrogen-bond acceptors (Lipinski definition) is 4. The fraction of sp³-hybridized carbons (Fsp3) is 0.588. The molecule has 2 heterocycles. The number of carbonyl (C=O) groups excluding carboxylic acids is 2. The van der Waals surface area contributed by atoms with Gasteiger partial charge in [-0.2, -0.15) is 0 Å². The summed E-state index contributed by atoms with van der Waals surface area (Å²) in [4.78, 5) is 37.2. The minimum Gasteiger partial charge on any atom is -0.372 e. The summed E-state index contributed by atoms with van der Waals surface area (Å²) < 4.78 is 0. The summed E-state index contributed by atoms with van der Waals surface area (Å²) in [6, 6.07) is 12.5. The topological polar surface area (TPSA) is 47.1 Å². The van der Waals surface area contributed by atoms with E-state index in [0.717, 1.165) is 80.8 Å². The molecule has 41 heavy (non-hydrogen) atoms. The molecule has 3 aliphatic rings. The molecule has 0 N–H and O–H groups in total. The van der Waals surface area contributed by atoms with Gasteiger partial charge in [-0.1, -0.05) is 49.1 Å². The zero-order chi connectivity index (χ0) is 28.9. The Morgan fingerprint density at radius 1 is 0.854 bits per heavy atom. The summed E-state index contributed by atoms with van der Waals surface area (Å²) in [5.74, 6) is 0.304. The average molecular weight is 579 g/mol. The van der Waals surface area contributed by atoms with Gasteiger partial charge in [0.15, 0.2) is 0 Å². The van der Waals surface area contributed by atoms with Crippen LogP contribution in [0.15, 0.2) is 36.4 Å². The van der Waals surface area contributed by atoms with E-state index in [4.69, 9.17) is 11.6 Å². The Morgan fingerprint density at radius 2 is 1.61 bits per heavy atom. The van der Waals surface area contributed by atoms with Gasteiger partial charge < -0.3 is 14.7 Å². The smallest absolute Gasteiger partial charge is 0.255 e. The third-order valence-electron chi connectivity index (χ3n) is 9.33. The van der Waals surface area contributed by atoms with Crippen LogP contribution in [0, 0.1) is 12.8 Å². The second-order valence-corrected chi connectivity index (χ2v) is 12.9. The molecule has 0 atom stereocenters. The van der Waals surface area contributed by atoms with Crippen LogP contribution >= 0.6 is 11.6 Å². The molecule has 2 aromatic carbocycles. The van der Waals surface area contributed by atoms with Gasteiger partial charge in [0.1, 0.15) is 0 Å². The second-order valence-electron chi connectivity index (χ2n) is 12.5. The summed E-state index contributed by atoms with van der Waals surface area (Å²) in [7, 11) is 0. The molecule has 7 heteroatoms. The largest absolute Gasteiger partial charge is 0.372 e. The van der Waals surface area contributed by atoms with Gasteiger partial charge >= 0.3 is 0 Å². The van der Waals surface area contributed by atoms with E-state index in [1.54, 1.807) is 0 Å². The summed E-state index contributed by atoms with van der Waals surface area (Å²) in [6.07, 6.45) is 8.70. The summed E-state index contributed by atoms with van der Waals surface area (Å²) >= 11 is 6.70. The van der Waals surface area contributed by atoms with Gasteiger partial charge in [-0.05, 0) is 82.2 Å². The van der Waals surface area contributed by atoms with E-state index in [1.807, 2.05) is 23.1 Å². The molecule has 0 bridgehead atoms. The molecule has 1 saturated heterocycles. The lowest BCUT2D eigenvalue weighted by molar-refractivity contribution is -0.123. The number of fused-ring (bicyclic) bond motifs is 1. The summed E-state index contributed by atoms with van der Waals surface area (Å²) in [6.45, 7) is 12.0. The van der Waals surface area contributed by atoms with Crippen LogP contribution in [0.3, 0.4) is 0 Å². The van der Waals surface area contributed by atoms with Crippen molar-refractivity contribution >= 4 is 34.8 Å². The van der Waals surface area contributed by atoms with Crippen molar-refractivity contribution in [3.63, 3.8) is 0 Å². The van der Waals surface area contributed by atoms with Crippen molar-refractivity contribution in [2.45, 2.75) is 84.7 Å². The van der Waals surface area contributed by atoms with E-state index in [-0.39, 0.29) is 17.7 Å². The zero-order valence-corrected chi connectivity index (χ0v) is 26.0. The first-order valence-corrected chi connectivity index (χ1v) is 16.2. The molecule has 1 saturated carbocycles. The molecule has 0 radical (unpaired) electrons. The van der Waals surface area contributed by atoms with Crippen LogP contribution in [0.1, 0.15) is 86.7 Å². The Kier molecular flexibility index (Phi) is 9.92. The Balaban J connectivity index is 1.52. The van der Waals surface area contributed by atoms with Crippen LogP contribution in [0.2, 0.25) is 5.02 Å². The van der Waals surface area contributed by atoms with Gasteiger partial charge in [0, 0.05) is 63.5 Å². The highest BCUT2D eigenvalue weighted by Crippen LogP contribution is 2.34. The maximum absolute atomic E-state index is 14.3. The number of nitrogens with zero attached hydrogens (tertiary/aromatic N) is 4. The number of para-hydroxylation sites is 1. The minimum atomic E-state index is -0.0448. The molecule has 222 valence electrons. The standard InChI is InChI=1S/C34H47ClN4O2/c1-25(2)36-19-10-20-39(33(40)27-12-5-4-6-13-27)32-26(3)11-9-14-28(32)24-38(22-21-36)34(41)30-23-29(15-16-31(30)35)37-17-7-8-18-37/h9,11,14-16,23,25,27H,4-8,10,12-13,17-22,24H2,1-3H3. The Hall–Kier alpha value is -2.57. The summed E-state index contributed by atoms with van der Waals surface area (Å²) in [5, 5.41) is 0.492. The second kappa shape index (κ2) is 13.6. The molecular formula is C34H47ClN4O2. The average Bonchev–Trinajstić information content (AvgIpc) is 3.50. The van der Waals surface area contributed by atoms with Crippen LogP contribution < -0.4 is 9.80 Å². The fourth-order valence-electron chi connectivity index (χ4n) is 6.92. The van der Waals surface area contributed by atoms with Crippen LogP contribution in [-0.2, 0) is 11.3 Å². The number of aryl methyl sites for hydroxylation is 1. The van der Waals surface area contributed by atoms with Crippen molar-refractivity contribution in [2.24, 2.45) is 5.92 Å². The number of halogens is 1.